The molecule has 0 bridgehead atoms. The fraction of sp³-hybridized carbons (Fsp3) is 0.294. The third kappa shape index (κ3) is 2.63. The molecule has 2 aromatic rings. The summed E-state index contributed by atoms with van der Waals surface area (Å²) < 4.78 is 10.9. The summed E-state index contributed by atoms with van der Waals surface area (Å²) in [7, 11) is 0. The van der Waals surface area contributed by atoms with Crippen LogP contribution in [0.5, 0.6) is 11.5 Å². The smallest absolute Gasteiger partial charge is 0.231 e. The van der Waals surface area contributed by atoms with Gasteiger partial charge < -0.3 is 14.8 Å². The first-order valence-electron chi connectivity index (χ1n) is 6.91. The Bertz CT molecular complexity index is 610. The highest BCUT2D eigenvalue weighted by molar-refractivity contribution is 5.48. The largest absolute Gasteiger partial charge is 0.454 e. The van der Waals surface area contributed by atoms with Gasteiger partial charge in [0.25, 0.3) is 0 Å². The van der Waals surface area contributed by atoms with Gasteiger partial charge in [-0.3, -0.25) is 0 Å². The van der Waals surface area contributed by atoms with E-state index in [9.17, 15) is 0 Å². The summed E-state index contributed by atoms with van der Waals surface area (Å²) >= 11 is 0. The van der Waals surface area contributed by atoms with Crippen molar-refractivity contribution < 1.29 is 9.47 Å². The molecule has 0 fully saturated rings. The van der Waals surface area contributed by atoms with Gasteiger partial charge in [0.1, 0.15) is 0 Å². The second-order valence-electron chi connectivity index (χ2n) is 5.17. The van der Waals surface area contributed by atoms with Crippen LogP contribution in [0, 0.1) is 6.92 Å². The number of aryl methyl sites for hydroxylation is 1. The van der Waals surface area contributed by atoms with Crippen molar-refractivity contribution in [2.24, 2.45) is 0 Å². The van der Waals surface area contributed by atoms with Crippen molar-refractivity contribution in [3.63, 3.8) is 0 Å². The average Bonchev–Trinajstić information content (AvgIpc) is 2.93. The predicted molar refractivity (Wildman–Crippen MR) is 79.0 cm³/mol. The third-order valence-electron chi connectivity index (χ3n) is 3.62. The third-order valence-corrected chi connectivity index (χ3v) is 3.62. The van der Waals surface area contributed by atoms with E-state index in [1.54, 1.807) is 0 Å². The highest BCUT2D eigenvalue weighted by Gasteiger charge is 2.17. The SMILES string of the molecule is Cc1cccc([C@@H](C)NCc2cccc3c2OCO3)c1. The molecule has 0 radical (unpaired) electrons. The minimum absolute atomic E-state index is 0.299. The van der Waals surface area contributed by atoms with Gasteiger partial charge in [-0.05, 0) is 25.5 Å². The number of para-hydroxylation sites is 1. The monoisotopic (exact) mass is 269 g/mol. The van der Waals surface area contributed by atoms with Gasteiger partial charge >= 0.3 is 0 Å². The second-order valence-corrected chi connectivity index (χ2v) is 5.17. The van der Waals surface area contributed by atoms with Crippen LogP contribution in [-0.2, 0) is 6.54 Å². The summed E-state index contributed by atoms with van der Waals surface area (Å²) in [6.45, 7) is 5.38. The molecular formula is C17H19NO2. The normalized spacial score (nSPS) is 14.3. The molecule has 0 unspecified atom stereocenters. The molecule has 0 saturated heterocycles. The van der Waals surface area contributed by atoms with Gasteiger partial charge in [0, 0.05) is 18.2 Å². The Labute approximate surface area is 119 Å². The molecule has 2 aromatic carbocycles. The van der Waals surface area contributed by atoms with Gasteiger partial charge in [0.15, 0.2) is 11.5 Å². The Balaban J connectivity index is 1.69. The van der Waals surface area contributed by atoms with Crippen molar-refractivity contribution in [3.05, 3.63) is 59.2 Å². The van der Waals surface area contributed by atoms with Crippen molar-refractivity contribution in [2.45, 2.75) is 26.4 Å². The van der Waals surface area contributed by atoms with Crippen molar-refractivity contribution in [3.8, 4) is 11.5 Å². The molecule has 3 heteroatoms. The lowest BCUT2D eigenvalue weighted by atomic mass is 10.1. The molecule has 1 aliphatic heterocycles. The summed E-state index contributed by atoms with van der Waals surface area (Å²) in [6.07, 6.45) is 0. The first-order chi connectivity index (χ1) is 9.74. The Morgan fingerprint density at radius 2 is 2.00 bits per heavy atom. The molecule has 1 heterocycles. The van der Waals surface area contributed by atoms with Crippen LogP contribution in [0.4, 0.5) is 0 Å². The molecule has 0 amide bonds. The average molecular weight is 269 g/mol. The van der Waals surface area contributed by atoms with Crippen LogP contribution >= 0.6 is 0 Å². The molecule has 104 valence electrons. The molecule has 3 rings (SSSR count). The minimum atomic E-state index is 0.299. The maximum absolute atomic E-state index is 5.52. The highest BCUT2D eigenvalue weighted by Crippen LogP contribution is 2.35. The Kier molecular flexibility index (Phi) is 3.61. The van der Waals surface area contributed by atoms with Gasteiger partial charge in [0.2, 0.25) is 6.79 Å². The van der Waals surface area contributed by atoms with E-state index < -0.39 is 0 Å². The summed E-state index contributed by atoms with van der Waals surface area (Å²) in [5.41, 5.74) is 3.72. The zero-order chi connectivity index (χ0) is 13.9. The second kappa shape index (κ2) is 5.55. The standard InChI is InChI=1S/C17H19NO2/c1-12-5-3-6-14(9-12)13(2)18-10-15-7-4-8-16-17(15)20-11-19-16/h3-9,13,18H,10-11H2,1-2H3/t13-/m1/s1. The lowest BCUT2D eigenvalue weighted by Gasteiger charge is -2.15. The van der Waals surface area contributed by atoms with Gasteiger partial charge in [-0.25, -0.2) is 0 Å². The lowest BCUT2D eigenvalue weighted by molar-refractivity contribution is 0.173. The Hall–Kier alpha value is -2.00. The molecule has 1 atom stereocenters. The van der Waals surface area contributed by atoms with Crippen molar-refractivity contribution in [1.82, 2.24) is 5.32 Å². The van der Waals surface area contributed by atoms with Crippen molar-refractivity contribution in [2.75, 3.05) is 6.79 Å². The van der Waals surface area contributed by atoms with Crippen molar-refractivity contribution >= 4 is 0 Å². The Morgan fingerprint density at radius 1 is 1.15 bits per heavy atom. The number of hydrogen-bond acceptors (Lipinski definition) is 3. The van der Waals surface area contributed by atoms with Crippen LogP contribution < -0.4 is 14.8 Å². The van der Waals surface area contributed by atoms with E-state index in [-0.39, 0.29) is 0 Å². The van der Waals surface area contributed by atoms with Crippen LogP contribution in [0.25, 0.3) is 0 Å². The van der Waals surface area contributed by atoms with Crippen LogP contribution in [0.3, 0.4) is 0 Å². The maximum atomic E-state index is 5.52. The zero-order valence-electron chi connectivity index (χ0n) is 11.8. The molecule has 0 saturated carbocycles. The fourth-order valence-electron chi connectivity index (χ4n) is 2.45. The van der Waals surface area contributed by atoms with E-state index >= 15 is 0 Å². The number of ether oxygens (including phenoxy) is 2. The molecule has 0 aromatic heterocycles. The number of hydrogen-bond donors (Lipinski definition) is 1. The molecular weight excluding hydrogens is 250 g/mol. The van der Waals surface area contributed by atoms with Crippen LogP contribution in [0.2, 0.25) is 0 Å². The van der Waals surface area contributed by atoms with E-state index in [2.05, 4.69) is 49.5 Å². The fourth-order valence-corrected chi connectivity index (χ4v) is 2.45. The van der Waals surface area contributed by atoms with Gasteiger partial charge in [-0.2, -0.15) is 0 Å². The molecule has 0 aliphatic carbocycles. The van der Waals surface area contributed by atoms with E-state index in [0.29, 0.717) is 12.8 Å². The molecule has 1 aliphatic rings. The zero-order valence-corrected chi connectivity index (χ0v) is 11.8. The lowest BCUT2D eigenvalue weighted by Crippen LogP contribution is -2.18. The number of rotatable bonds is 4. The Morgan fingerprint density at radius 3 is 2.85 bits per heavy atom. The topological polar surface area (TPSA) is 30.5 Å². The quantitative estimate of drug-likeness (QED) is 0.920. The summed E-state index contributed by atoms with van der Waals surface area (Å²) in [4.78, 5) is 0. The predicted octanol–water partition coefficient (Wildman–Crippen LogP) is 3.57. The first-order valence-corrected chi connectivity index (χ1v) is 6.91. The van der Waals surface area contributed by atoms with E-state index in [1.165, 1.54) is 11.1 Å². The highest BCUT2D eigenvalue weighted by atomic mass is 16.7. The van der Waals surface area contributed by atoms with E-state index in [1.807, 2.05) is 12.1 Å². The number of benzene rings is 2. The van der Waals surface area contributed by atoms with Crippen LogP contribution in [-0.4, -0.2) is 6.79 Å². The van der Waals surface area contributed by atoms with Gasteiger partial charge in [-0.1, -0.05) is 42.0 Å². The van der Waals surface area contributed by atoms with Gasteiger partial charge in [-0.15, -0.1) is 0 Å². The summed E-state index contributed by atoms with van der Waals surface area (Å²) in [5, 5.41) is 3.54. The van der Waals surface area contributed by atoms with Crippen LogP contribution in [0.1, 0.15) is 29.7 Å². The van der Waals surface area contributed by atoms with Crippen LogP contribution in [0.15, 0.2) is 42.5 Å². The minimum Gasteiger partial charge on any atom is -0.454 e. The van der Waals surface area contributed by atoms with Crippen molar-refractivity contribution in [1.29, 1.82) is 0 Å². The van der Waals surface area contributed by atoms with E-state index in [4.69, 9.17) is 9.47 Å². The number of nitrogens with one attached hydrogen (secondary N) is 1. The maximum Gasteiger partial charge on any atom is 0.231 e. The summed E-state index contributed by atoms with van der Waals surface area (Å²) in [5.74, 6) is 1.71. The molecule has 20 heavy (non-hydrogen) atoms. The van der Waals surface area contributed by atoms with E-state index in [0.717, 1.165) is 23.6 Å². The summed E-state index contributed by atoms with van der Waals surface area (Å²) in [6, 6.07) is 14.9. The molecule has 1 N–H and O–H groups in total. The molecule has 3 nitrogen and oxygen atoms in total. The van der Waals surface area contributed by atoms with Gasteiger partial charge in [0.05, 0.1) is 0 Å². The number of fused-ring (bicyclic) bond motifs is 1. The molecule has 0 spiro atoms. The first kappa shape index (κ1) is 13.0.